The van der Waals surface area contributed by atoms with Gasteiger partial charge in [-0.05, 0) is 51.4 Å². The molecule has 0 spiro atoms. The van der Waals surface area contributed by atoms with E-state index in [1.54, 1.807) is 6.08 Å². The average Bonchev–Trinajstić information content (AvgIpc) is 3.63. The minimum Gasteiger partial charge on any atom is -0.394 e. The van der Waals surface area contributed by atoms with Crippen molar-refractivity contribution in [2.75, 3.05) is 19.8 Å². The monoisotopic (exact) mass is 1150 g/mol. The average molecular weight is 1150 g/mol. The second kappa shape index (κ2) is 52.5. The molecule has 2 saturated heterocycles. The highest BCUT2D eigenvalue weighted by Crippen LogP contribution is 2.30. The molecule has 2 aliphatic rings. The fourth-order valence-corrected chi connectivity index (χ4v) is 11.1. The molecule has 12 atom stereocenters. The number of allylic oxidation sites excluding steroid dienone is 5. The largest absolute Gasteiger partial charge is 0.394 e. The molecule has 0 saturated carbocycles. The third-order valence-corrected chi connectivity index (χ3v) is 16.6. The van der Waals surface area contributed by atoms with Crippen molar-refractivity contribution in [2.45, 2.75) is 364 Å². The standard InChI is InChI=1S/C67H125NO13/c1-3-5-7-9-11-13-15-17-19-21-23-24-25-26-27-28-29-30-31-33-34-36-38-40-42-44-46-48-50-56(71)55(68-59(72)51-49-47-45-43-41-39-37-35-32-22-20-18-16-14-12-10-8-6-4-2)54-78-66-64(77)62(75)65(58(53-70)80-66)81-67-63(76)61(74)60(73)57(52-69)79-67/h12,14,18,20,48,50,55-58,60-67,69-71,73-77H,3-11,13,15-17,19,21-47,49,51-54H2,1-2H3,(H,68,72)/b14-12-,20-18-,50-48+. The van der Waals surface area contributed by atoms with Crippen LogP contribution in [0.2, 0.25) is 0 Å². The number of hydrogen-bond donors (Lipinski definition) is 9. The Labute approximate surface area is 493 Å². The van der Waals surface area contributed by atoms with Gasteiger partial charge in [-0.2, -0.15) is 0 Å². The third-order valence-electron chi connectivity index (χ3n) is 16.6. The Morgan fingerprint density at radius 2 is 0.815 bits per heavy atom. The predicted molar refractivity (Wildman–Crippen MR) is 328 cm³/mol. The van der Waals surface area contributed by atoms with Crippen molar-refractivity contribution in [3.8, 4) is 0 Å². The van der Waals surface area contributed by atoms with Crippen LogP contribution < -0.4 is 5.32 Å². The molecule has 12 unspecified atom stereocenters. The van der Waals surface area contributed by atoms with Crippen LogP contribution in [-0.4, -0.2) is 140 Å². The summed E-state index contributed by atoms with van der Waals surface area (Å²) in [5, 5.41) is 87.3. The number of unbranched alkanes of at least 4 members (excludes halogenated alkanes) is 38. The smallest absolute Gasteiger partial charge is 0.220 e. The van der Waals surface area contributed by atoms with Crippen molar-refractivity contribution >= 4 is 5.91 Å². The maximum absolute atomic E-state index is 13.3. The molecule has 0 radical (unpaired) electrons. The molecule has 2 heterocycles. The van der Waals surface area contributed by atoms with Gasteiger partial charge in [0, 0.05) is 6.42 Å². The van der Waals surface area contributed by atoms with Gasteiger partial charge in [0.25, 0.3) is 0 Å². The van der Waals surface area contributed by atoms with Gasteiger partial charge in [0.05, 0.1) is 32.0 Å². The lowest BCUT2D eigenvalue weighted by Crippen LogP contribution is -2.65. The highest BCUT2D eigenvalue weighted by atomic mass is 16.7. The van der Waals surface area contributed by atoms with Crippen LogP contribution in [0, 0.1) is 0 Å². The van der Waals surface area contributed by atoms with Crippen LogP contribution in [0.1, 0.15) is 290 Å². The number of ether oxygens (including phenoxy) is 4. The van der Waals surface area contributed by atoms with Crippen molar-refractivity contribution in [3.63, 3.8) is 0 Å². The number of carbonyl (C=O) groups excluding carboxylic acids is 1. The molecule has 2 rings (SSSR count). The van der Waals surface area contributed by atoms with Crippen LogP contribution in [0.4, 0.5) is 0 Å². The number of rotatable bonds is 55. The Morgan fingerprint density at radius 1 is 0.444 bits per heavy atom. The normalized spacial score (nSPS) is 24.3. The van der Waals surface area contributed by atoms with Gasteiger partial charge >= 0.3 is 0 Å². The molecule has 0 aromatic heterocycles. The SMILES string of the molecule is CCCCC/C=C\C/C=C\CCCCCCCCCCCC(=O)NC(COC1OC(CO)C(OC2OC(CO)C(O)C(O)C2O)C(O)C1O)C(O)/C=C/CCCCCCCCCCCCCCCCCCCCCCCCCCCC. The highest BCUT2D eigenvalue weighted by molar-refractivity contribution is 5.76. The van der Waals surface area contributed by atoms with Crippen molar-refractivity contribution in [1.82, 2.24) is 5.32 Å². The molecule has 0 bridgehead atoms. The predicted octanol–water partition coefficient (Wildman–Crippen LogP) is 13.0. The number of aliphatic hydroxyl groups excluding tert-OH is 8. The Kier molecular flexibility index (Phi) is 48.8. The maximum atomic E-state index is 13.3. The van der Waals surface area contributed by atoms with E-state index in [4.69, 9.17) is 18.9 Å². The lowest BCUT2D eigenvalue weighted by atomic mass is 9.97. The van der Waals surface area contributed by atoms with E-state index in [-0.39, 0.29) is 18.9 Å². The topological polar surface area (TPSA) is 228 Å². The van der Waals surface area contributed by atoms with Gasteiger partial charge in [0.1, 0.15) is 48.8 Å². The molecule has 81 heavy (non-hydrogen) atoms. The fourth-order valence-electron chi connectivity index (χ4n) is 11.1. The van der Waals surface area contributed by atoms with Gasteiger partial charge in [0.15, 0.2) is 12.6 Å². The summed E-state index contributed by atoms with van der Waals surface area (Å²) in [5.41, 5.74) is 0. The van der Waals surface area contributed by atoms with E-state index in [1.807, 2.05) is 6.08 Å². The molecule has 9 N–H and O–H groups in total. The number of nitrogens with one attached hydrogen (secondary N) is 1. The number of aliphatic hydroxyl groups is 8. The molecule has 0 aliphatic carbocycles. The maximum Gasteiger partial charge on any atom is 0.220 e. The minimum atomic E-state index is -1.79. The molecule has 14 heteroatoms. The van der Waals surface area contributed by atoms with E-state index in [9.17, 15) is 45.6 Å². The molecular formula is C67H125NO13. The van der Waals surface area contributed by atoms with Gasteiger partial charge in [0.2, 0.25) is 5.91 Å². The first-order valence-corrected chi connectivity index (χ1v) is 33.7. The van der Waals surface area contributed by atoms with Gasteiger partial charge < -0.3 is 65.1 Å². The van der Waals surface area contributed by atoms with E-state index in [0.29, 0.717) is 6.42 Å². The zero-order valence-electron chi connectivity index (χ0n) is 51.5. The van der Waals surface area contributed by atoms with Crippen LogP contribution in [0.5, 0.6) is 0 Å². The van der Waals surface area contributed by atoms with Gasteiger partial charge in [-0.25, -0.2) is 0 Å². The Morgan fingerprint density at radius 3 is 1.26 bits per heavy atom. The van der Waals surface area contributed by atoms with E-state index in [2.05, 4.69) is 43.5 Å². The molecule has 0 aromatic rings. The zero-order valence-corrected chi connectivity index (χ0v) is 51.5. The second-order valence-corrected chi connectivity index (χ2v) is 24.0. The fraction of sp³-hybridized carbons (Fsp3) is 0.896. The first-order chi connectivity index (χ1) is 39.6. The summed E-state index contributed by atoms with van der Waals surface area (Å²) < 4.78 is 22.8. The summed E-state index contributed by atoms with van der Waals surface area (Å²) in [6.07, 6.45) is 49.1. The summed E-state index contributed by atoms with van der Waals surface area (Å²) in [7, 11) is 0. The van der Waals surface area contributed by atoms with Crippen molar-refractivity contribution in [1.29, 1.82) is 0 Å². The summed E-state index contributed by atoms with van der Waals surface area (Å²) >= 11 is 0. The van der Waals surface area contributed by atoms with Crippen molar-refractivity contribution in [2.24, 2.45) is 0 Å². The number of hydrogen-bond acceptors (Lipinski definition) is 13. The summed E-state index contributed by atoms with van der Waals surface area (Å²) in [6, 6.07) is -0.918. The number of carbonyl (C=O) groups is 1. The van der Waals surface area contributed by atoms with E-state index in [0.717, 1.165) is 51.4 Å². The summed E-state index contributed by atoms with van der Waals surface area (Å²) in [6.45, 7) is 2.81. The lowest BCUT2D eigenvalue weighted by molar-refractivity contribution is -0.359. The van der Waals surface area contributed by atoms with Crippen LogP contribution >= 0.6 is 0 Å². The third kappa shape index (κ3) is 37.4. The van der Waals surface area contributed by atoms with E-state index in [1.165, 1.54) is 212 Å². The van der Waals surface area contributed by atoms with Crippen LogP contribution in [-0.2, 0) is 23.7 Å². The van der Waals surface area contributed by atoms with Crippen LogP contribution in [0.15, 0.2) is 36.5 Å². The molecule has 2 fully saturated rings. The van der Waals surface area contributed by atoms with Gasteiger partial charge in [-0.3, -0.25) is 4.79 Å². The van der Waals surface area contributed by atoms with Crippen LogP contribution in [0.25, 0.3) is 0 Å². The quantitative estimate of drug-likeness (QED) is 0.0204. The minimum absolute atomic E-state index is 0.241. The van der Waals surface area contributed by atoms with Crippen LogP contribution in [0.3, 0.4) is 0 Å². The molecule has 14 nitrogen and oxygen atoms in total. The van der Waals surface area contributed by atoms with Crippen molar-refractivity contribution < 1.29 is 64.6 Å². The Bertz CT molecular complexity index is 1500. The highest BCUT2D eigenvalue weighted by Gasteiger charge is 2.51. The number of amides is 1. The van der Waals surface area contributed by atoms with E-state index >= 15 is 0 Å². The first-order valence-electron chi connectivity index (χ1n) is 33.7. The van der Waals surface area contributed by atoms with Gasteiger partial charge in [-0.15, -0.1) is 0 Å². The molecular weight excluding hydrogens is 1030 g/mol. The Balaban J connectivity index is 1.70. The first kappa shape index (κ1) is 75.3. The molecule has 2 aliphatic heterocycles. The van der Waals surface area contributed by atoms with Crippen molar-refractivity contribution in [3.05, 3.63) is 36.5 Å². The summed E-state index contributed by atoms with van der Waals surface area (Å²) in [4.78, 5) is 13.3. The zero-order chi connectivity index (χ0) is 58.8. The lowest BCUT2D eigenvalue weighted by Gasteiger charge is -2.46. The molecule has 1 amide bonds. The Hall–Kier alpha value is -1.79. The summed E-state index contributed by atoms with van der Waals surface area (Å²) in [5.74, 6) is -0.241. The molecule has 0 aromatic carbocycles. The van der Waals surface area contributed by atoms with E-state index < -0.39 is 86.8 Å². The van der Waals surface area contributed by atoms with Gasteiger partial charge in [-0.1, -0.05) is 269 Å². The molecule has 476 valence electrons. The second-order valence-electron chi connectivity index (χ2n) is 24.0.